The Balaban J connectivity index is 2.47. The summed E-state index contributed by atoms with van der Waals surface area (Å²) in [7, 11) is 4.18. The van der Waals surface area contributed by atoms with Crippen LogP contribution >= 0.6 is 11.6 Å². The molecule has 0 aliphatic heterocycles. The van der Waals surface area contributed by atoms with Gasteiger partial charge in [0.15, 0.2) is 0 Å². The largest absolute Gasteiger partial charge is 0.385 e. The van der Waals surface area contributed by atoms with E-state index < -0.39 is 0 Å². The fourth-order valence-corrected chi connectivity index (χ4v) is 1.81. The summed E-state index contributed by atoms with van der Waals surface area (Å²) < 4.78 is 0. The zero-order chi connectivity index (χ0) is 12.0. The van der Waals surface area contributed by atoms with Gasteiger partial charge in [-0.2, -0.15) is 0 Å². The summed E-state index contributed by atoms with van der Waals surface area (Å²) in [5.41, 5.74) is 2.33. The normalized spacial score (nSPS) is 12.8. The SMILES string of the molecule is CC(Cl)c1ccccc1NCCCN(C)C. The van der Waals surface area contributed by atoms with Gasteiger partial charge in [-0.25, -0.2) is 0 Å². The Bertz CT molecular complexity index is 311. The molecule has 0 heterocycles. The summed E-state index contributed by atoms with van der Waals surface area (Å²) >= 11 is 6.12. The molecule has 0 aliphatic rings. The topological polar surface area (TPSA) is 15.3 Å². The first kappa shape index (κ1) is 13.3. The van der Waals surface area contributed by atoms with Crippen LogP contribution in [-0.2, 0) is 0 Å². The molecule has 0 saturated carbocycles. The Morgan fingerprint density at radius 2 is 2.00 bits per heavy atom. The van der Waals surface area contributed by atoms with Crippen LogP contribution in [0.15, 0.2) is 24.3 Å². The van der Waals surface area contributed by atoms with Gasteiger partial charge in [0.25, 0.3) is 0 Å². The van der Waals surface area contributed by atoms with Crippen molar-refractivity contribution in [3.8, 4) is 0 Å². The molecule has 0 saturated heterocycles. The molecule has 90 valence electrons. The molecule has 1 aromatic carbocycles. The average Bonchev–Trinajstić information content (AvgIpc) is 2.24. The number of alkyl halides is 1. The van der Waals surface area contributed by atoms with Crippen LogP contribution < -0.4 is 5.32 Å². The molecular formula is C13H21ClN2. The third-order valence-electron chi connectivity index (χ3n) is 2.49. The van der Waals surface area contributed by atoms with Gasteiger partial charge in [0.1, 0.15) is 0 Å². The standard InChI is InChI=1S/C13H21ClN2/c1-11(14)12-7-4-5-8-13(12)15-9-6-10-16(2)3/h4-5,7-8,11,15H,6,9-10H2,1-3H3. The maximum atomic E-state index is 6.12. The zero-order valence-electron chi connectivity index (χ0n) is 10.3. The Kier molecular flexibility index (Phi) is 5.64. The second-order valence-electron chi connectivity index (χ2n) is 4.29. The van der Waals surface area contributed by atoms with Crippen molar-refractivity contribution in [2.75, 3.05) is 32.5 Å². The highest BCUT2D eigenvalue weighted by molar-refractivity contribution is 6.21. The predicted octanol–water partition coefficient (Wildman–Crippen LogP) is 3.35. The smallest absolute Gasteiger partial charge is 0.0577 e. The van der Waals surface area contributed by atoms with Crippen LogP contribution in [0, 0.1) is 0 Å². The molecule has 0 bridgehead atoms. The van der Waals surface area contributed by atoms with E-state index in [1.54, 1.807) is 0 Å². The molecule has 1 aromatic rings. The molecule has 0 amide bonds. The maximum absolute atomic E-state index is 6.12. The number of hydrogen-bond acceptors (Lipinski definition) is 2. The van der Waals surface area contributed by atoms with E-state index in [0.29, 0.717) is 0 Å². The Morgan fingerprint density at radius 3 is 2.62 bits per heavy atom. The third-order valence-corrected chi connectivity index (χ3v) is 2.72. The van der Waals surface area contributed by atoms with Crippen LogP contribution in [0.1, 0.15) is 24.3 Å². The van der Waals surface area contributed by atoms with Crippen LogP contribution in [0.4, 0.5) is 5.69 Å². The maximum Gasteiger partial charge on any atom is 0.0577 e. The number of rotatable bonds is 6. The average molecular weight is 241 g/mol. The number of nitrogens with one attached hydrogen (secondary N) is 1. The molecule has 0 spiro atoms. The van der Waals surface area contributed by atoms with Crippen molar-refractivity contribution in [2.24, 2.45) is 0 Å². The van der Waals surface area contributed by atoms with E-state index >= 15 is 0 Å². The van der Waals surface area contributed by atoms with E-state index in [-0.39, 0.29) is 5.38 Å². The van der Waals surface area contributed by atoms with Crippen LogP contribution in [0.25, 0.3) is 0 Å². The second-order valence-corrected chi connectivity index (χ2v) is 4.94. The van der Waals surface area contributed by atoms with E-state index in [1.807, 2.05) is 19.1 Å². The van der Waals surface area contributed by atoms with Crippen LogP contribution in [0.5, 0.6) is 0 Å². The first-order valence-corrected chi connectivity index (χ1v) is 6.16. The third kappa shape index (κ3) is 4.42. The highest BCUT2D eigenvalue weighted by atomic mass is 35.5. The summed E-state index contributed by atoms with van der Waals surface area (Å²) in [5, 5.41) is 3.49. The van der Waals surface area contributed by atoms with Gasteiger partial charge in [0.2, 0.25) is 0 Å². The van der Waals surface area contributed by atoms with Gasteiger partial charge < -0.3 is 10.2 Å². The number of hydrogen-bond donors (Lipinski definition) is 1. The van der Waals surface area contributed by atoms with E-state index in [0.717, 1.165) is 25.2 Å². The summed E-state index contributed by atoms with van der Waals surface area (Å²) in [6.45, 7) is 4.09. The lowest BCUT2D eigenvalue weighted by Crippen LogP contribution is -2.16. The van der Waals surface area contributed by atoms with Gasteiger partial charge in [-0.3, -0.25) is 0 Å². The van der Waals surface area contributed by atoms with E-state index in [2.05, 4.69) is 36.4 Å². The lowest BCUT2D eigenvalue weighted by molar-refractivity contribution is 0.405. The van der Waals surface area contributed by atoms with E-state index in [1.165, 1.54) is 5.56 Å². The molecule has 0 fully saturated rings. The molecule has 0 aromatic heterocycles. The lowest BCUT2D eigenvalue weighted by Gasteiger charge is -2.14. The van der Waals surface area contributed by atoms with Crippen molar-refractivity contribution in [3.05, 3.63) is 29.8 Å². The van der Waals surface area contributed by atoms with E-state index in [4.69, 9.17) is 11.6 Å². The number of para-hydroxylation sites is 1. The molecular weight excluding hydrogens is 220 g/mol. The summed E-state index contributed by atoms with van der Waals surface area (Å²) in [6, 6.07) is 8.23. The van der Waals surface area contributed by atoms with Crippen molar-refractivity contribution >= 4 is 17.3 Å². The molecule has 1 N–H and O–H groups in total. The molecule has 0 radical (unpaired) electrons. The van der Waals surface area contributed by atoms with Crippen LogP contribution in [0.3, 0.4) is 0 Å². The minimum absolute atomic E-state index is 0.0533. The minimum Gasteiger partial charge on any atom is -0.385 e. The fourth-order valence-electron chi connectivity index (χ4n) is 1.62. The summed E-state index contributed by atoms with van der Waals surface area (Å²) in [5.74, 6) is 0. The molecule has 2 nitrogen and oxygen atoms in total. The van der Waals surface area contributed by atoms with Gasteiger partial charge >= 0.3 is 0 Å². The predicted molar refractivity (Wildman–Crippen MR) is 72.4 cm³/mol. The van der Waals surface area contributed by atoms with Crippen molar-refractivity contribution in [1.82, 2.24) is 4.90 Å². The number of benzene rings is 1. The lowest BCUT2D eigenvalue weighted by atomic mass is 10.1. The summed E-state index contributed by atoms with van der Waals surface area (Å²) in [4.78, 5) is 2.19. The van der Waals surface area contributed by atoms with Crippen molar-refractivity contribution < 1.29 is 0 Å². The monoisotopic (exact) mass is 240 g/mol. The van der Waals surface area contributed by atoms with Gasteiger partial charge in [0, 0.05) is 12.2 Å². The van der Waals surface area contributed by atoms with Crippen molar-refractivity contribution in [3.63, 3.8) is 0 Å². The van der Waals surface area contributed by atoms with Gasteiger partial charge in [-0.05, 0) is 45.6 Å². The molecule has 1 unspecified atom stereocenters. The van der Waals surface area contributed by atoms with Crippen molar-refractivity contribution in [2.45, 2.75) is 18.7 Å². The Morgan fingerprint density at radius 1 is 1.31 bits per heavy atom. The Hall–Kier alpha value is -0.730. The highest BCUT2D eigenvalue weighted by Gasteiger charge is 2.06. The molecule has 1 rings (SSSR count). The van der Waals surface area contributed by atoms with E-state index in [9.17, 15) is 0 Å². The quantitative estimate of drug-likeness (QED) is 0.606. The van der Waals surface area contributed by atoms with Crippen LogP contribution in [-0.4, -0.2) is 32.1 Å². The molecule has 16 heavy (non-hydrogen) atoms. The fraction of sp³-hybridized carbons (Fsp3) is 0.538. The first-order chi connectivity index (χ1) is 7.61. The molecule has 0 aliphatic carbocycles. The first-order valence-electron chi connectivity index (χ1n) is 5.73. The second kappa shape index (κ2) is 6.77. The number of anilines is 1. The minimum atomic E-state index is 0.0533. The van der Waals surface area contributed by atoms with Gasteiger partial charge in [0.05, 0.1) is 5.38 Å². The summed E-state index contributed by atoms with van der Waals surface area (Å²) in [6.07, 6.45) is 1.14. The van der Waals surface area contributed by atoms with Gasteiger partial charge in [-0.15, -0.1) is 11.6 Å². The number of nitrogens with zero attached hydrogens (tertiary/aromatic N) is 1. The molecule has 1 atom stereocenters. The van der Waals surface area contributed by atoms with Gasteiger partial charge in [-0.1, -0.05) is 18.2 Å². The van der Waals surface area contributed by atoms with Crippen LogP contribution in [0.2, 0.25) is 0 Å². The van der Waals surface area contributed by atoms with Crippen molar-refractivity contribution in [1.29, 1.82) is 0 Å². The Labute approximate surface area is 104 Å². The molecule has 3 heteroatoms. The zero-order valence-corrected chi connectivity index (χ0v) is 11.1. The highest BCUT2D eigenvalue weighted by Crippen LogP contribution is 2.26. The number of halogens is 1.